The molecule has 1 aromatic rings. The maximum Gasteiger partial charge on any atom is 0.156 e. The lowest BCUT2D eigenvalue weighted by Crippen LogP contribution is -2.42. The Bertz CT molecular complexity index is 378. The van der Waals surface area contributed by atoms with Crippen molar-refractivity contribution in [3.63, 3.8) is 0 Å². The average Bonchev–Trinajstić information content (AvgIpc) is 2.35. The first-order valence-electron chi connectivity index (χ1n) is 5.57. The maximum atomic E-state index is 8.66. The van der Waals surface area contributed by atoms with Gasteiger partial charge in [0.05, 0.1) is 6.04 Å². The van der Waals surface area contributed by atoms with Crippen LogP contribution in [0, 0.1) is 0 Å². The highest BCUT2D eigenvalue weighted by Crippen LogP contribution is 2.16. The highest BCUT2D eigenvalue weighted by molar-refractivity contribution is 6.30. The molecule has 5 heteroatoms. The third kappa shape index (κ3) is 3.91. The van der Waals surface area contributed by atoms with Gasteiger partial charge in [-0.15, -0.1) is 0 Å². The van der Waals surface area contributed by atoms with E-state index in [1.54, 1.807) is 0 Å². The van der Waals surface area contributed by atoms with Crippen molar-refractivity contribution in [1.29, 1.82) is 0 Å². The van der Waals surface area contributed by atoms with E-state index in [0.717, 1.165) is 12.0 Å². The van der Waals surface area contributed by atoms with E-state index in [1.165, 1.54) is 0 Å². The third-order valence-corrected chi connectivity index (χ3v) is 2.95. The van der Waals surface area contributed by atoms with Crippen LogP contribution in [-0.4, -0.2) is 17.1 Å². The van der Waals surface area contributed by atoms with Gasteiger partial charge in [0.1, 0.15) is 0 Å². The predicted octanol–water partition coefficient (Wildman–Crippen LogP) is 2.52. The van der Waals surface area contributed by atoms with Crippen molar-refractivity contribution >= 4 is 17.4 Å². The summed E-state index contributed by atoms with van der Waals surface area (Å²) in [4.78, 5) is 0. The van der Waals surface area contributed by atoms with Crippen LogP contribution in [-0.2, 0) is 0 Å². The van der Waals surface area contributed by atoms with Crippen LogP contribution in [0.25, 0.3) is 0 Å². The second kappa shape index (κ2) is 6.47. The minimum atomic E-state index is -0.134. The minimum Gasteiger partial charge on any atom is -0.409 e. The molecule has 0 spiro atoms. The maximum absolute atomic E-state index is 8.66. The van der Waals surface area contributed by atoms with Gasteiger partial charge in [0, 0.05) is 11.1 Å². The van der Waals surface area contributed by atoms with E-state index in [-0.39, 0.29) is 17.9 Å². The van der Waals surface area contributed by atoms with Crippen molar-refractivity contribution in [2.24, 2.45) is 10.9 Å². The second-order valence-electron chi connectivity index (χ2n) is 3.93. The molecule has 0 aromatic heterocycles. The zero-order chi connectivity index (χ0) is 12.8. The molecule has 0 bridgehead atoms. The van der Waals surface area contributed by atoms with Gasteiger partial charge in [0.2, 0.25) is 0 Å². The molecule has 4 N–H and O–H groups in total. The van der Waals surface area contributed by atoms with Gasteiger partial charge in [0.15, 0.2) is 5.84 Å². The lowest BCUT2D eigenvalue weighted by Gasteiger charge is -2.21. The molecule has 0 amide bonds. The molecule has 1 rings (SSSR count). The van der Waals surface area contributed by atoms with Crippen molar-refractivity contribution in [3.8, 4) is 0 Å². The van der Waals surface area contributed by atoms with Crippen molar-refractivity contribution in [3.05, 3.63) is 34.9 Å². The molecular formula is C12H18ClN3O. The number of amidine groups is 1. The van der Waals surface area contributed by atoms with Gasteiger partial charge in [-0.2, -0.15) is 0 Å². The molecule has 0 radical (unpaired) electrons. The topological polar surface area (TPSA) is 70.6 Å². The first-order valence-corrected chi connectivity index (χ1v) is 5.95. The molecule has 0 heterocycles. The van der Waals surface area contributed by atoms with Crippen molar-refractivity contribution < 1.29 is 5.21 Å². The number of hydrogen-bond donors (Lipinski definition) is 3. The molecule has 0 aliphatic heterocycles. The summed E-state index contributed by atoms with van der Waals surface area (Å²) in [5, 5.41) is 15.7. The molecule has 0 aliphatic rings. The zero-order valence-electron chi connectivity index (χ0n) is 10.0. The highest BCUT2D eigenvalue weighted by atomic mass is 35.5. The summed E-state index contributed by atoms with van der Waals surface area (Å²) in [6, 6.07) is 7.58. The molecule has 4 nitrogen and oxygen atoms in total. The number of hydrogen-bond acceptors (Lipinski definition) is 3. The van der Waals surface area contributed by atoms with Crippen LogP contribution in [0.1, 0.15) is 31.9 Å². The number of nitrogens with two attached hydrogens (primary N) is 1. The molecule has 0 aliphatic carbocycles. The fraction of sp³-hybridized carbons (Fsp3) is 0.417. The first kappa shape index (κ1) is 13.8. The van der Waals surface area contributed by atoms with Gasteiger partial charge in [0.25, 0.3) is 0 Å². The van der Waals surface area contributed by atoms with E-state index in [1.807, 2.05) is 38.1 Å². The van der Waals surface area contributed by atoms with Gasteiger partial charge < -0.3 is 16.3 Å². The van der Waals surface area contributed by atoms with Crippen LogP contribution < -0.4 is 11.1 Å². The smallest absolute Gasteiger partial charge is 0.156 e. The molecule has 0 saturated carbocycles. The van der Waals surface area contributed by atoms with Crippen molar-refractivity contribution in [1.82, 2.24) is 5.32 Å². The Labute approximate surface area is 106 Å². The van der Waals surface area contributed by atoms with Gasteiger partial charge in [-0.3, -0.25) is 0 Å². The second-order valence-corrected chi connectivity index (χ2v) is 4.36. The number of oxime groups is 1. The summed E-state index contributed by atoms with van der Waals surface area (Å²) in [6.45, 7) is 4.00. The SMILES string of the molecule is CCC(N[C@H](C)c1ccc(Cl)cc1)/C(N)=N/O. The first-order chi connectivity index (χ1) is 8.08. The summed E-state index contributed by atoms with van der Waals surface area (Å²) < 4.78 is 0. The minimum absolute atomic E-state index is 0.109. The predicted molar refractivity (Wildman–Crippen MR) is 70.5 cm³/mol. The lowest BCUT2D eigenvalue weighted by atomic mass is 10.1. The Morgan fingerprint density at radius 3 is 2.53 bits per heavy atom. The molecule has 0 saturated heterocycles. The van der Waals surface area contributed by atoms with Crippen LogP contribution in [0.2, 0.25) is 5.02 Å². The fourth-order valence-electron chi connectivity index (χ4n) is 1.63. The van der Waals surface area contributed by atoms with Gasteiger partial charge >= 0.3 is 0 Å². The third-order valence-electron chi connectivity index (χ3n) is 2.70. The number of nitrogens with zero attached hydrogens (tertiary/aromatic N) is 1. The van der Waals surface area contributed by atoms with Crippen LogP contribution in [0.15, 0.2) is 29.4 Å². The fourth-order valence-corrected chi connectivity index (χ4v) is 1.76. The number of benzene rings is 1. The van der Waals surface area contributed by atoms with Crippen LogP contribution >= 0.6 is 11.6 Å². The Morgan fingerprint density at radius 1 is 1.47 bits per heavy atom. The van der Waals surface area contributed by atoms with Gasteiger partial charge in [-0.1, -0.05) is 35.8 Å². The molecule has 94 valence electrons. The van der Waals surface area contributed by atoms with Crippen molar-refractivity contribution in [2.45, 2.75) is 32.4 Å². The molecule has 0 fully saturated rings. The zero-order valence-corrected chi connectivity index (χ0v) is 10.8. The Kier molecular flexibility index (Phi) is 5.25. The van der Waals surface area contributed by atoms with E-state index >= 15 is 0 Å². The van der Waals surface area contributed by atoms with E-state index in [2.05, 4.69) is 10.5 Å². The Morgan fingerprint density at radius 2 is 2.06 bits per heavy atom. The molecule has 1 unspecified atom stereocenters. The van der Waals surface area contributed by atoms with E-state index < -0.39 is 0 Å². The lowest BCUT2D eigenvalue weighted by molar-refractivity contribution is 0.313. The largest absolute Gasteiger partial charge is 0.409 e. The van der Waals surface area contributed by atoms with E-state index in [4.69, 9.17) is 22.5 Å². The number of rotatable bonds is 5. The van der Waals surface area contributed by atoms with Crippen LogP contribution in [0.3, 0.4) is 0 Å². The van der Waals surface area contributed by atoms with Crippen molar-refractivity contribution in [2.75, 3.05) is 0 Å². The number of nitrogens with one attached hydrogen (secondary N) is 1. The number of halogens is 1. The summed E-state index contributed by atoms with van der Waals surface area (Å²) >= 11 is 5.83. The van der Waals surface area contributed by atoms with Crippen LogP contribution in [0.4, 0.5) is 0 Å². The molecular weight excluding hydrogens is 238 g/mol. The summed E-state index contributed by atoms with van der Waals surface area (Å²) in [6.07, 6.45) is 0.758. The van der Waals surface area contributed by atoms with Crippen LogP contribution in [0.5, 0.6) is 0 Å². The summed E-state index contributed by atoms with van der Waals surface area (Å²) in [5.41, 5.74) is 6.70. The monoisotopic (exact) mass is 255 g/mol. The van der Waals surface area contributed by atoms with Gasteiger partial charge in [-0.05, 0) is 31.0 Å². The Hall–Kier alpha value is -1.26. The van der Waals surface area contributed by atoms with E-state index in [9.17, 15) is 0 Å². The average molecular weight is 256 g/mol. The van der Waals surface area contributed by atoms with E-state index in [0.29, 0.717) is 5.02 Å². The standard InChI is InChI=1S/C12H18ClN3O/c1-3-11(12(14)16-17)15-8(2)9-4-6-10(13)7-5-9/h4-8,11,15,17H,3H2,1-2H3,(H2,14,16)/t8-,11?/m1/s1. The molecule has 2 atom stereocenters. The van der Waals surface area contributed by atoms with Gasteiger partial charge in [-0.25, -0.2) is 0 Å². The summed E-state index contributed by atoms with van der Waals surface area (Å²) in [7, 11) is 0. The summed E-state index contributed by atoms with van der Waals surface area (Å²) in [5.74, 6) is 0.202. The molecule has 1 aromatic carbocycles. The highest BCUT2D eigenvalue weighted by Gasteiger charge is 2.15. The quantitative estimate of drug-likeness (QED) is 0.328. The normalized spacial score (nSPS) is 15.6. The Balaban J connectivity index is 2.70. The molecule has 17 heavy (non-hydrogen) atoms.